The van der Waals surface area contributed by atoms with Crippen molar-refractivity contribution in [3.63, 3.8) is 0 Å². The van der Waals surface area contributed by atoms with Crippen molar-refractivity contribution in [3.8, 4) is 0 Å². The Balaban J connectivity index is 1.42. The molecule has 3 heterocycles. The Morgan fingerprint density at radius 1 is 1.24 bits per heavy atom. The van der Waals surface area contributed by atoms with E-state index in [1.165, 1.54) is 51.3 Å². The molecule has 1 spiro atoms. The molecule has 0 bridgehead atoms. The smallest absolute Gasteiger partial charge is 0.259 e. The Kier molecular flexibility index (Phi) is 4.44. The highest BCUT2D eigenvalue weighted by molar-refractivity contribution is 5.94. The third kappa shape index (κ3) is 3.39. The van der Waals surface area contributed by atoms with Gasteiger partial charge in [-0.05, 0) is 51.5 Å². The molecule has 1 aliphatic carbocycles. The number of carbonyl (C=O) groups excluding carboxylic acids is 1. The Morgan fingerprint density at radius 2 is 2.08 bits per heavy atom. The van der Waals surface area contributed by atoms with Crippen LogP contribution >= 0.6 is 0 Å². The van der Waals surface area contributed by atoms with Crippen molar-refractivity contribution in [1.82, 2.24) is 14.8 Å². The van der Waals surface area contributed by atoms with Gasteiger partial charge in [-0.15, -0.1) is 0 Å². The molecule has 25 heavy (non-hydrogen) atoms. The van der Waals surface area contributed by atoms with E-state index in [4.69, 9.17) is 0 Å². The van der Waals surface area contributed by atoms with E-state index in [0.29, 0.717) is 0 Å². The zero-order valence-corrected chi connectivity index (χ0v) is 15.2. The molecule has 0 radical (unpaired) electrons. The molecule has 1 aromatic heterocycles. The average molecular weight is 343 g/mol. The van der Waals surface area contributed by atoms with Crippen molar-refractivity contribution in [3.05, 3.63) is 33.7 Å². The number of amides is 1. The van der Waals surface area contributed by atoms with Gasteiger partial charge >= 0.3 is 0 Å². The monoisotopic (exact) mass is 343 g/mol. The Bertz CT molecular complexity index is 709. The molecule has 1 aromatic rings. The Hall–Kier alpha value is -1.62. The van der Waals surface area contributed by atoms with Gasteiger partial charge in [-0.1, -0.05) is 6.42 Å². The number of carbonyl (C=O) groups is 1. The third-order valence-electron chi connectivity index (χ3n) is 6.49. The number of hydrogen-bond acceptors (Lipinski definition) is 3. The van der Waals surface area contributed by atoms with Crippen LogP contribution in [0.25, 0.3) is 0 Å². The van der Waals surface area contributed by atoms with Crippen molar-refractivity contribution >= 4 is 5.91 Å². The SMILES string of the molecule is Cc1cc(=O)c(C(=O)N2CCC3(CCCN(CC4CCC4)C3)C2)c[nH]1. The number of pyridine rings is 1. The van der Waals surface area contributed by atoms with E-state index in [9.17, 15) is 9.59 Å². The van der Waals surface area contributed by atoms with E-state index in [1.807, 2.05) is 11.8 Å². The molecule has 3 aliphatic rings. The second kappa shape index (κ2) is 6.60. The van der Waals surface area contributed by atoms with Crippen LogP contribution in [-0.4, -0.2) is 53.4 Å². The fourth-order valence-corrected chi connectivity index (χ4v) is 4.86. The lowest BCUT2D eigenvalue weighted by Gasteiger charge is -2.43. The van der Waals surface area contributed by atoms with Gasteiger partial charge in [-0.25, -0.2) is 0 Å². The summed E-state index contributed by atoms with van der Waals surface area (Å²) in [6.45, 7) is 7.00. The van der Waals surface area contributed by atoms with E-state index in [2.05, 4.69) is 9.88 Å². The van der Waals surface area contributed by atoms with Crippen LogP contribution in [0.1, 0.15) is 54.6 Å². The summed E-state index contributed by atoms with van der Waals surface area (Å²) < 4.78 is 0. The summed E-state index contributed by atoms with van der Waals surface area (Å²) >= 11 is 0. The van der Waals surface area contributed by atoms with Crippen LogP contribution in [0.5, 0.6) is 0 Å². The maximum absolute atomic E-state index is 12.8. The molecule has 4 rings (SSSR count). The Morgan fingerprint density at radius 3 is 2.80 bits per heavy atom. The number of aromatic amines is 1. The number of nitrogens with zero attached hydrogens (tertiary/aromatic N) is 2. The highest BCUT2D eigenvalue weighted by atomic mass is 16.2. The van der Waals surface area contributed by atoms with Crippen LogP contribution in [0.3, 0.4) is 0 Å². The van der Waals surface area contributed by atoms with E-state index in [1.54, 1.807) is 6.20 Å². The van der Waals surface area contributed by atoms with Gasteiger partial charge in [0.1, 0.15) is 5.56 Å². The lowest BCUT2D eigenvalue weighted by molar-refractivity contribution is 0.0594. The first kappa shape index (κ1) is 16.8. The summed E-state index contributed by atoms with van der Waals surface area (Å²) in [6.07, 6.45) is 9.28. The van der Waals surface area contributed by atoms with Crippen molar-refractivity contribution in [2.24, 2.45) is 11.3 Å². The molecule has 0 aromatic carbocycles. The fraction of sp³-hybridized carbons (Fsp3) is 0.700. The lowest BCUT2D eigenvalue weighted by atomic mass is 9.78. The molecule has 3 fully saturated rings. The van der Waals surface area contributed by atoms with E-state index in [-0.39, 0.29) is 22.3 Å². The molecule has 2 saturated heterocycles. The average Bonchev–Trinajstić information content (AvgIpc) is 2.94. The second-order valence-corrected chi connectivity index (χ2v) is 8.51. The highest BCUT2D eigenvalue weighted by Crippen LogP contribution is 2.40. The van der Waals surface area contributed by atoms with Crippen molar-refractivity contribution in [2.75, 3.05) is 32.7 Å². The molecule has 1 N–H and O–H groups in total. The summed E-state index contributed by atoms with van der Waals surface area (Å²) in [6, 6.07) is 1.51. The minimum absolute atomic E-state index is 0.103. The summed E-state index contributed by atoms with van der Waals surface area (Å²) in [5.41, 5.74) is 1.15. The molecule has 1 saturated carbocycles. The number of likely N-dealkylation sites (tertiary alicyclic amines) is 2. The summed E-state index contributed by atoms with van der Waals surface area (Å²) in [5.74, 6) is 0.801. The zero-order chi connectivity index (χ0) is 17.4. The Labute approximate surface area is 149 Å². The maximum atomic E-state index is 12.8. The molecule has 136 valence electrons. The van der Waals surface area contributed by atoms with Crippen molar-refractivity contribution < 1.29 is 4.79 Å². The van der Waals surface area contributed by atoms with Crippen LogP contribution in [0.4, 0.5) is 0 Å². The van der Waals surface area contributed by atoms with Crippen LogP contribution in [0.15, 0.2) is 17.1 Å². The van der Waals surface area contributed by atoms with Crippen molar-refractivity contribution in [1.29, 1.82) is 0 Å². The number of nitrogens with one attached hydrogen (secondary N) is 1. The van der Waals surface area contributed by atoms with Gasteiger partial charge in [0, 0.05) is 49.6 Å². The van der Waals surface area contributed by atoms with E-state index in [0.717, 1.165) is 37.7 Å². The van der Waals surface area contributed by atoms with Gasteiger partial charge in [0.05, 0.1) is 0 Å². The zero-order valence-electron chi connectivity index (χ0n) is 15.2. The van der Waals surface area contributed by atoms with Gasteiger partial charge in [0.15, 0.2) is 5.43 Å². The molecule has 1 amide bonds. The molecular weight excluding hydrogens is 314 g/mol. The number of piperidine rings is 1. The maximum Gasteiger partial charge on any atom is 0.259 e. The first-order valence-corrected chi connectivity index (χ1v) is 9.76. The van der Waals surface area contributed by atoms with Crippen LogP contribution in [-0.2, 0) is 0 Å². The van der Waals surface area contributed by atoms with E-state index < -0.39 is 0 Å². The van der Waals surface area contributed by atoms with Gasteiger partial charge in [-0.3, -0.25) is 9.59 Å². The number of hydrogen-bond donors (Lipinski definition) is 1. The summed E-state index contributed by atoms with van der Waals surface area (Å²) in [7, 11) is 0. The minimum atomic E-state index is -0.169. The highest BCUT2D eigenvalue weighted by Gasteiger charge is 2.43. The van der Waals surface area contributed by atoms with Gasteiger partial charge in [-0.2, -0.15) is 0 Å². The fourth-order valence-electron chi connectivity index (χ4n) is 4.86. The lowest BCUT2D eigenvalue weighted by Crippen LogP contribution is -2.47. The molecule has 1 unspecified atom stereocenters. The van der Waals surface area contributed by atoms with Crippen molar-refractivity contribution in [2.45, 2.75) is 45.4 Å². The van der Waals surface area contributed by atoms with E-state index >= 15 is 0 Å². The quantitative estimate of drug-likeness (QED) is 0.917. The topological polar surface area (TPSA) is 56.4 Å². The summed E-state index contributed by atoms with van der Waals surface area (Å²) in [5, 5.41) is 0. The normalized spacial score (nSPS) is 27.6. The number of H-pyrrole nitrogens is 1. The van der Waals surface area contributed by atoms with Gasteiger partial charge in [0.25, 0.3) is 5.91 Å². The summed E-state index contributed by atoms with van der Waals surface area (Å²) in [4.78, 5) is 32.5. The molecule has 2 aliphatic heterocycles. The van der Waals surface area contributed by atoms with Crippen LogP contribution in [0.2, 0.25) is 0 Å². The molecule has 5 nitrogen and oxygen atoms in total. The van der Waals surface area contributed by atoms with Crippen LogP contribution in [0, 0.1) is 18.3 Å². The number of rotatable bonds is 3. The molecular formula is C20H29N3O2. The van der Waals surface area contributed by atoms with Gasteiger partial charge < -0.3 is 14.8 Å². The van der Waals surface area contributed by atoms with Gasteiger partial charge in [0.2, 0.25) is 0 Å². The predicted octanol–water partition coefficient (Wildman–Crippen LogP) is 2.41. The number of aryl methyl sites for hydroxylation is 1. The second-order valence-electron chi connectivity index (χ2n) is 8.51. The number of aromatic nitrogens is 1. The molecule has 1 atom stereocenters. The predicted molar refractivity (Wildman–Crippen MR) is 97.8 cm³/mol. The first-order valence-electron chi connectivity index (χ1n) is 9.76. The third-order valence-corrected chi connectivity index (χ3v) is 6.49. The van der Waals surface area contributed by atoms with Crippen LogP contribution < -0.4 is 5.43 Å². The first-order chi connectivity index (χ1) is 12.0. The minimum Gasteiger partial charge on any atom is -0.364 e. The molecule has 5 heteroatoms. The standard InChI is InChI=1S/C20H29N3O2/c1-15-10-18(24)17(11-21-15)19(25)23-9-7-20(14-23)6-3-8-22(13-20)12-16-4-2-5-16/h10-11,16H,2-9,12-14H2,1H3,(H,21,24). The largest absolute Gasteiger partial charge is 0.364 e.